The molecule has 0 fully saturated rings. The lowest BCUT2D eigenvalue weighted by atomic mass is 10.3. The summed E-state index contributed by atoms with van der Waals surface area (Å²) in [6.07, 6.45) is 3.34. The van der Waals surface area contributed by atoms with Gasteiger partial charge in [0.2, 0.25) is 0 Å². The monoisotopic (exact) mass is 171 g/mol. The van der Waals surface area contributed by atoms with E-state index in [9.17, 15) is 0 Å². The minimum Gasteiger partial charge on any atom is -0.472 e. The zero-order valence-corrected chi connectivity index (χ0v) is 6.90. The molecule has 0 saturated carbocycles. The molecule has 3 heteroatoms. The Balaban J connectivity index is 2.19. The second-order valence-corrected chi connectivity index (χ2v) is 2.79. The van der Waals surface area contributed by atoms with E-state index in [0.29, 0.717) is 11.6 Å². The maximum absolute atomic E-state index is 5.54. The summed E-state index contributed by atoms with van der Waals surface area (Å²) in [5.74, 6) is 0. The van der Waals surface area contributed by atoms with Crippen LogP contribution in [-0.2, 0) is 6.54 Å². The highest BCUT2D eigenvalue weighted by atomic mass is 35.5. The van der Waals surface area contributed by atoms with Crippen molar-refractivity contribution in [3.05, 3.63) is 35.8 Å². The van der Waals surface area contributed by atoms with Gasteiger partial charge in [-0.1, -0.05) is 18.2 Å². The van der Waals surface area contributed by atoms with Gasteiger partial charge in [-0.25, -0.2) is 0 Å². The molecule has 1 aromatic heterocycles. The lowest BCUT2D eigenvalue weighted by Crippen LogP contribution is -2.13. The molecule has 1 N–H and O–H groups in total. The van der Waals surface area contributed by atoms with Crippen LogP contribution in [0, 0.1) is 0 Å². The lowest BCUT2D eigenvalue weighted by Gasteiger charge is -1.98. The van der Waals surface area contributed by atoms with Crippen molar-refractivity contribution in [1.29, 1.82) is 0 Å². The Labute approximate surface area is 70.8 Å². The van der Waals surface area contributed by atoms with Gasteiger partial charge < -0.3 is 9.73 Å². The zero-order chi connectivity index (χ0) is 8.10. The van der Waals surface area contributed by atoms with Gasteiger partial charge in [0.1, 0.15) is 0 Å². The van der Waals surface area contributed by atoms with Gasteiger partial charge in [0.05, 0.1) is 12.5 Å². The smallest absolute Gasteiger partial charge is 0.0947 e. The number of nitrogens with one attached hydrogen (secondary N) is 1. The molecule has 0 amide bonds. The minimum absolute atomic E-state index is 0.619. The first-order valence-electron chi connectivity index (χ1n) is 3.34. The molecule has 0 aromatic carbocycles. The fraction of sp³-hybridized carbons (Fsp3) is 0.250. The predicted molar refractivity (Wildman–Crippen MR) is 45.4 cm³/mol. The van der Waals surface area contributed by atoms with E-state index >= 15 is 0 Å². The van der Waals surface area contributed by atoms with Crippen LogP contribution in [0.1, 0.15) is 5.56 Å². The van der Waals surface area contributed by atoms with Gasteiger partial charge in [-0.3, -0.25) is 0 Å². The van der Waals surface area contributed by atoms with Crippen LogP contribution >= 0.6 is 11.6 Å². The molecule has 1 aromatic rings. The molecular weight excluding hydrogens is 162 g/mol. The van der Waals surface area contributed by atoms with Crippen molar-refractivity contribution in [2.75, 3.05) is 6.54 Å². The van der Waals surface area contributed by atoms with Crippen LogP contribution in [0.15, 0.2) is 34.6 Å². The molecule has 0 aliphatic heterocycles. The van der Waals surface area contributed by atoms with E-state index in [4.69, 9.17) is 16.0 Å². The van der Waals surface area contributed by atoms with Crippen LogP contribution in [0.4, 0.5) is 0 Å². The summed E-state index contributed by atoms with van der Waals surface area (Å²) in [5, 5.41) is 3.71. The molecule has 0 spiro atoms. The Morgan fingerprint density at radius 3 is 3.09 bits per heavy atom. The topological polar surface area (TPSA) is 25.2 Å². The molecule has 0 bridgehead atoms. The van der Waals surface area contributed by atoms with E-state index in [0.717, 1.165) is 12.1 Å². The van der Waals surface area contributed by atoms with Crippen LogP contribution in [0.3, 0.4) is 0 Å². The average Bonchev–Trinajstić information content (AvgIpc) is 2.39. The van der Waals surface area contributed by atoms with Crippen LogP contribution in [0.2, 0.25) is 0 Å². The maximum atomic E-state index is 5.54. The predicted octanol–water partition coefficient (Wildman–Crippen LogP) is 2.12. The van der Waals surface area contributed by atoms with E-state index in [1.54, 1.807) is 12.5 Å². The van der Waals surface area contributed by atoms with Crippen molar-refractivity contribution in [3.8, 4) is 0 Å². The van der Waals surface area contributed by atoms with Gasteiger partial charge in [0, 0.05) is 23.7 Å². The van der Waals surface area contributed by atoms with Gasteiger partial charge >= 0.3 is 0 Å². The minimum atomic E-state index is 0.619. The standard InChI is InChI=1S/C8H10ClNO/c1-7(9)4-10-5-8-2-3-11-6-8/h2-3,6,10H,1,4-5H2. The highest BCUT2D eigenvalue weighted by molar-refractivity contribution is 6.29. The average molecular weight is 172 g/mol. The number of halogens is 1. The summed E-state index contributed by atoms with van der Waals surface area (Å²) in [6.45, 7) is 4.95. The Morgan fingerprint density at radius 2 is 2.55 bits per heavy atom. The third kappa shape index (κ3) is 3.25. The van der Waals surface area contributed by atoms with E-state index in [-0.39, 0.29) is 0 Å². The Bertz CT molecular complexity index is 218. The summed E-state index contributed by atoms with van der Waals surface area (Å²) >= 11 is 5.54. The highest BCUT2D eigenvalue weighted by Crippen LogP contribution is 1.99. The molecule has 1 heterocycles. The molecule has 0 unspecified atom stereocenters. The first-order valence-corrected chi connectivity index (χ1v) is 3.72. The third-order valence-electron chi connectivity index (χ3n) is 1.23. The first kappa shape index (κ1) is 8.37. The van der Waals surface area contributed by atoms with Gasteiger partial charge in [0.25, 0.3) is 0 Å². The summed E-state index contributed by atoms with van der Waals surface area (Å²) in [7, 11) is 0. The summed E-state index contributed by atoms with van der Waals surface area (Å²) in [4.78, 5) is 0. The largest absolute Gasteiger partial charge is 0.472 e. The Hall–Kier alpha value is -0.730. The van der Waals surface area contributed by atoms with E-state index in [2.05, 4.69) is 11.9 Å². The number of furan rings is 1. The summed E-state index contributed by atoms with van der Waals surface area (Å²) in [5.41, 5.74) is 1.11. The number of rotatable bonds is 4. The van der Waals surface area contributed by atoms with E-state index in [1.807, 2.05) is 6.07 Å². The second-order valence-electron chi connectivity index (χ2n) is 2.25. The van der Waals surface area contributed by atoms with Crippen LogP contribution in [0.25, 0.3) is 0 Å². The third-order valence-corrected chi connectivity index (χ3v) is 1.36. The fourth-order valence-corrected chi connectivity index (χ4v) is 0.830. The highest BCUT2D eigenvalue weighted by Gasteiger charge is 1.92. The molecule has 0 aliphatic carbocycles. The molecule has 11 heavy (non-hydrogen) atoms. The van der Waals surface area contributed by atoms with Crippen molar-refractivity contribution in [3.63, 3.8) is 0 Å². The fourth-order valence-electron chi connectivity index (χ4n) is 0.736. The first-order chi connectivity index (χ1) is 5.29. The summed E-state index contributed by atoms with van der Waals surface area (Å²) in [6, 6.07) is 1.91. The van der Waals surface area contributed by atoms with Gasteiger partial charge in [-0.15, -0.1) is 0 Å². The van der Waals surface area contributed by atoms with Gasteiger partial charge in [0.15, 0.2) is 0 Å². The van der Waals surface area contributed by atoms with E-state index < -0.39 is 0 Å². The normalized spacial score (nSPS) is 9.91. The van der Waals surface area contributed by atoms with Crippen molar-refractivity contribution >= 4 is 11.6 Å². The molecule has 60 valence electrons. The Kier molecular flexibility index (Phi) is 3.20. The van der Waals surface area contributed by atoms with Crippen molar-refractivity contribution < 1.29 is 4.42 Å². The van der Waals surface area contributed by atoms with Crippen LogP contribution in [0.5, 0.6) is 0 Å². The lowest BCUT2D eigenvalue weighted by molar-refractivity contribution is 0.561. The van der Waals surface area contributed by atoms with Crippen LogP contribution < -0.4 is 5.32 Å². The molecule has 2 nitrogen and oxygen atoms in total. The SMILES string of the molecule is C=C(Cl)CNCc1ccoc1. The van der Waals surface area contributed by atoms with Crippen LogP contribution in [-0.4, -0.2) is 6.54 Å². The molecule has 0 aliphatic rings. The number of hydrogen-bond acceptors (Lipinski definition) is 2. The molecule has 0 saturated heterocycles. The molecule has 0 radical (unpaired) electrons. The van der Waals surface area contributed by atoms with Crippen molar-refractivity contribution in [2.45, 2.75) is 6.54 Å². The van der Waals surface area contributed by atoms with Crippen molar-refractivity contribution in [1.82, 2.24) is 5.32 Å². The zero-order valence-electron chi connectivity index (χ0n) is 6.14. The quantitative estimate of drug-likeness (QED) is 0.751. The van der Waals surface area contributed by atoms with Gasteiger partial charge in [-0.05, 0) is 6.07 Å². The number of hydrogen-bond donors (Lipinski definition) is 1. The molecule has 1 rings (SSSR count). The molecule has 0 atom stereocenters. The Morgan fingerprint density at radius 1 is 1.73 bits per heavy atom. The van der Waals surface area contributed by atoms with E-state index in [1.165, 1.54) is 0 Å². The second kappa shape index (κ2) is 4.21. The molecular formula is C8H10ClNO. The summed E-state index contributed by atoms with van der Waals surface area (Å²) < 4.78 is 4.88. The maximum Gasteiger partial charge on any atom is 0.0947 e. The van der Waals surface area contributed by atoms with Crippen molar-refractivity contribution in [2.24, 2.45) is 0 Å². The van der Waals surface area contributed by atoms with Gasteiger partial charge in [-0.2, -0.15) is 0 Å².